The molecule has 0 bridgehead atoms. The zero-order valence-corrected chi connectivity index (χ0v) is 18.4. The van der Waals surface area contributed by atoms with Gasteiger partial charge in [-0.15, -0.1) is 11.3 Å². The van der Waals surface area contributed by atoms with E-state index in [0.717, 1.165) is 21.3 Å². The Kier molecular flexibility index (Phi) is 6.76. The Labute approximate surface area is 189 Å². The highest BCUT2D eigenvalue weighted by molar-refractivity contribution is 7.17. The first kappa shape index (κ1) is 21.5. The maximum atomic E-state index is 12.8. The van der Waals surface area contributed by atoms with Crippen molar-refractivity contribution in [3.8, 4) is 11.6 Å². The molecule has 164 valence electrons. The number of fused-ring (bicyclic) bond motifs is 1. The van der Waals surface area contributed by atoms with E-state index >= 15 is 0 Å². The van der Waals surface area contributed by atoms with E-state index in [9.17, 15) is 9.90 Å². The van der Waals surface area contributed by atoms with Crippen LogP contribution in [0.4, 0.5) is 5.95 Å². The van der Waals surface area contributed by atoms with Gasteiger partial charge in [-0.3, -0.25) is 4.79 Å². The summed E-state index contributed by atoms with van der Waals surface area (Å²) in [6.07, 6.45) is 2.34. The topological polar surface area (TPSA) is 109 Å². The molecule has 0 radical (unpaired) electrons. The fourth-order valence-electron chi connectivity index (χ4n) is 3.14. The number of thiophene rings is 1. The number of benzene rings is 1. The first-order valence-electron chi connectivity index (χ1n) is 10.3. The van der Waals surface area contributed by atoms with Crippen LogP contribution in [0.2, 0.25) is 0 Å². The number of hydrogen-bond acceptors (Lipinski definition) is 8. The van der Waals surface area contributed by atoms with E-state index in [1.807, 2.05) is 36.6 Å². The highest BCUT2D eigenvalue weighted by Gasteiger charge is 2.16. The average molecular weight is 450 g/mol. The van der Waals surface area contributed by atoms with Crippen molar-refractivity contribution in [3.63, 3.8) is 0 Å². The summed E-state index contributed by atoms with van der Waals surface area (Å²) in [6.45, 7) is 3.38. The van der Waals surface area contributed by atoms with Crippen molar-refractivity contribution in [1.29, 1.82) is 0 Å². The molecule has 1 aromatic carbocycles. The minimum atomic E-state index is -0.259. The van der Waals surface area contributed by atoms with Crippen molar-refractivity contribution in [3.05, 3.63) is 70.9 Å². The Hall–Kier alpha value is -3.72. The molecule has 3 aromatic heterocycles. The number of hydrogen-bond donors (Lipinski definition) is 3. The molecule has 9 heteroatoms. The minimum Gasteiger partial charge on any atom is -0.508 e. The second-order valence-electron chi connectivity index (χ2n) is 7.00. The predicted octanol–water partition coefficient (Wildman–Crippen LogP) is 3.78. The molecule has 1 amide bonds. The number of carbonyl (C=O) groups is 1. The number of anilines is 1. The maximum Gasteiger partial charge on any atom is 0.271 e. The summed E-state index contributed by atoms with van der Waals surface area (Å²) in [4.78, 5) is 26.1. The Bertz CT molecular complexity index is 1210. The lowest BCUT2D eigenvalue weighted by Gasteiger charge is -2.09. The van der Waals surface area contributed by atoms with E-state index < -0.39 is 0 Å². The van der Waals surface area contributed by atoms with Crippen LogP contribution in [0.15, 0.2) is 54.0 Å². The summed E-state index contributed by atoms with van der Waals surface area (Å²) >= 11 is 1.43. The average Bonchev–Trinajstić information content (AvgIpc) is 3.27. The number of carbonyl (C=O) groups excluding carboxylic acids is 1. The standard InChI is InChI=1S/C23H23N5O3S/c1-2-31-19-7-6-16(13-25-19)14-26-23-27-18-9-11-32-21(18)20(28-23)22(30)24-10-8-15-4-3-5-17(29)12-15/h3-7,9,11-13,29H,2,8,10,14H2,1H3,(H,24,30)(H,26,27,28). The smallest absolute Gasteiger partial charge is 0.271 e. The molecule has 0 fully saturated rings. The largest absolute Gasteiger partial charge is 0.508 e. The highest BCUT2D eigenvalue weighted by Crippen LogP contribution is 2.24. The molecule has 3 N–H and O–H groups in total. The van der Waals surface area contributed by atoms with Gasteiger partial charge in [0.25, 0.3) is 5.91 Å². The maximum absolute atomic E-state index is 12.8. The van der Waals surface area contributed by atoms with Crippen molar-refractivity contribution in [2.45, 2.75) is 19.9 Å². The molecular weight excluding hydrogens is 426 g/mol. The summed E-state index contributed by atoms with van der Waals surface area (Å²) in [5.74, 6) is 0.911. The second-order valence-corrected chi connectivity index (χ2v) is 7.91. The molecule has 3 heterocycles. The van der Waals surface area contributed by atoms with Crippen LogP contribution in [-0.2, 0) is 13.0 Å². The van der Waals surface area contributed by atoms with Gasteiger partial charge in [0.15, 0.2) is 5.69 Å². The number of ether oxygens (including phenoxy) is 1. The lowest BCUT2D eigenvalue weighted by atomic mass is 10.1. The van der Waals surface area contributed by atoms with E-state index in [0.29, 0.717) is 43.6 Å². The third-order valence-electron chi connectivity index (χ3n) is 4.67. The zero-order chi connectivity index (χ0) is 22.3. The summed E-state index contributed by atoms with van der Waals surface area (Å²) in [7, 11) is 0. The quantitative estimate of drug-likeness (QED) is 0.357. The first-order valence-corrected chi connectivity index (χ1v) is 11.1. The molecule has 0 aliphatic heterocycles. The molecule has 0 aliphatic carbocycles. The van der Waals surface area contributed by atoms with E-state index in [-0.39, 0.29) is 11.7 Å². The van der Waals surface area contributed by atoms with Crippen LogP contribution in [-0.4, -0.2) is 39.1 Å². The van der Waals surface area contributed by atoms with Gasteiger partial charge in [-0.25, -0.2) is 15.0 Å². The van der Waals surface area contributed by atoms with E-state index in [2.05, 4.69) is 25.6 Å². The van der Waals surface area contributed by atoms with Gasteiger partial charge in [-0.1, -0.05) is 18.2 Å². The summed E-state index contributed by atoms with van der Waals surface area (Å²) in [5, 5.41) is 17.6. The third-order valence-corrected chi connectivity index (χ3v) is 5.58. The molecule has 0 saturated heterocycles. The SMILES string of the molecule is CCOc1ccc(CNc2nc(C(=O)NCCc3cccc(O)c3)c3sccc3n2)cn1. The Morgan fingerprint density at radius 2 is 2.06 bits per heavy atom. The molecule has 0 spiro atoms. The molecule has 32 heavy (non-hydrogen) atoms. The van der Waals surface area contributed by atoms with Crippen molar-refractivity contribution in [1.82, 2.24) is 20.3 Å². The van der Waals surface area contributed by atoms with Crippen LogP contribution in [0.3, 0.4) is 0 Å². The molecule has 0 aliphatic rings. The van der Waals surface area contributed by atoms with E-state index in [1.54, 1.807) is 24.4 Å². The van der Waals surface area contributed by atoms with E-state index in [4.69, 9.17) is 4.74 Å². The van der Waals surface area contributed by atoms with Gasteiger partial charge >= 0.3 is 0 Å². The number of nitrogens with one attached hydrogen (secondary N) is 2. The van der Waals surface area contributed by atoms with Gasteiger partial charge in [0.1, 0.15) is 5.75 Å². The van der Waals surface area contributed by atoms with Crippen LogP contribution in [0.1, 0.15) is 28.5 Å². The van der Waals surface area contributed by atoms with Crippen molar-refractivity contribution in [2.75, 3.05) is 18.5 Å². The number of aromatic nitrogens is 3. The van der Waals surface area contributed by atoms with E-state index in [1.165, 1.54) is 11.3 Å². The van der Waals surface area contributed by atoms with Crippen molar-refractivity contribution >= 4 is 33.4 Å². The van der Waals surface area contributed by atoms with Crippen LogP contribution in [0.5, 0.6) is 11.6 Å². The summed E-state index contributed by atoms with van der Waals surface area (Å²) in [5.41, 5.74) is 2.95. The predicted molar refractivity (Wildman–Crippen MR) is 124 cm³/mol. The Morgan fingerprint density at radius 1 is 1.16 bits per heavy atom. The van der Waals surface area contributed by atoms with Gasteiger partial charge in [-0.05, 0) is 48.1 Å². The molecule has 0 unspecified atom stereocenters. The molecule has 4 rings (SSSR count). The number of pyridine rings is 1. The number of phenols is 1. The van der Waals surface area contributed by atoms with Crippen molar-refractivity contribution < 1.29 is 14.6 Å². The molecule has 0 atom stereocenters. The molecular formula is C23H23N5O3S. The normalized spacial score (nSPS) is 10.8. The highest BCUT2D eigenvalue weighted by atomic mass is 32.1. The monoisotopic (exact) mass is 449 g/mol. The van der Waals surface area contributed by atoms with Crippen LogP contribution >= 0.6 is 11.3 Å². The second kappa shape index (κ2) is 10.1. The van der Waals surface area contributed by atoms with Gasteiger partial charge in [0, 0.05) is 25.4 Å². The number of nitrogens with zero attached hydrogens (tertiary/aromatic N) is 3. The lowest BCUT2D eigenvalue weighted by molar-refractivity contribution is 0.0951. The zero-order valence-electron chi connectivity index (χ0n) is 17.5. The van der Waals surface area contributed by atoms with Crippen molar-refractivity contribution in [2.24, 2.45) is 0 Å². The fraction of sp³-hybridized carbons (Fsp3) is 0.217. The molecule has 8 nitrogen and oxygen atoms in total. The Morgan fingerprint density at radius 3 is 2.84 bits per heavy atom. The summed E-state index contributed by atoms with van der Waals surface area (Å²) < 4.78 is 6.10. The molecule has 4 aromatic rings. The number of rotatable bonds is 9. The lowest BCUT2D eigenvalue weighted by Crippen LogP contribution is -2.27. The number of amides is 1. The van der Waals surface area contributed by atoms with Crippen LogP contribution < -0.4 is 15.4 Å². The third kappa shape index (κ3) is 5.30. The number of phenolic OH excluding ortho intramolecular Hbond substituents is 1. The van der Waals surface area contributed by atoms with Gasteiger partial charge in [0.2, 0.25) is 11.8 Å². The van der Waals surface area contributed by atoms with Gasteiger partial charge < -0.3 is 20.5 Å². The van der Waals surface area contributed by atoms with Gasteiger partial charge in [-0.2, -0.15) is 0 Å². The van der Waals surface area contributed by atoms with Crippen LogP contribution in [0.25, 0.3) is 10.2 Å². The Balaban J connectivity index is 1.43. The van der Waals surface area contributed by atoms with Gasteiger partial charge in [0.05, 0.1) is 16.8 Å². The summed E-state index contributed by atoms with van der Waals surface area (Å²) in [6, 6.07) is 12.6. The first-order chi connectivity index (χ1) is 15.6. The fourth-order valence-corrected chi connectivity index (χ4v) is 3.96. The molecule has 0 saturated carbocycles. The van der Waals surface area contributed by atoms with Crippen LogP contribution in [0, 0.1) is 0 Å². The minimum absolute atomic E-state index is 0.211. The number of aromatic hydroxyl groups is 1.